The van der Waals surface area contributed by atoms with Crippen LogP contribution >= 0.6 is 0 Å². The van der Waals surface area contributed by atoms with Crippen molar-refractivity contribution >= 4 is 28.5 Å². The molecule has 3 fully saturated rings. The van der Waals surface area contributed by atoms with Gasteiger partial charge < -0.3 is 15.5 Å². The largest absolute Gasteiger partial charge is 0.471 e. The van der Waals surface area contributed by atoms with Gasteiger partial charge in [-0.05, 0) is 52.4 Å². The second kappa shape index (κ2) is 9.71. The molecule has 3 amide bonds. The molecule has 0 bridgehead atoms. The third-order valence-electron chi connectivity index (χ3n) is 8.99. The summed E-state index contributed by atoms with van der Waals surface area (Å²) in [6, 6.07) is 4.48. The van der Waals surface area contributed by atoms with E-state index in [-0.39, 0.29) is 23.8 Å². The highest BCUT2D eigenvalue weighted by Gasteiger charge is 2.70. The third-order valence-corrected chi connectivity index (χ3v) is 8.99. The zero-order chi connectivity index (χ0) is 30.1. The van der Waals surface area contributed by atoms with E-state index in [2.05, 4.69) is 16.4 Å². The topological polar surface area (TPSA) is 115 Å². The molecule has 3 aliphatic rings. The number of rotatable bonds is 6. The summed E-state index contributed by atoms with van der Waals surface area (Å²) in [7, 11) is 0. The first-order chi connectivity index (χ1) is 19.1. The van der Waals surface area contributed by atoms with Crippen molar-refractivity contribution in [1.82, 2.24) is 20.5 Å². The molecule has 11 heteroatoms. The van der Waals surface area contributed by atoms with Crippen molar-refractivity contribution in [3.05, 3.63) is 41.7 Å². The summed E-state index contributed by atoms with van der Waals surface area (Å²) in [6.45, 7) is 8.79. The van der Waals surface area contributed by atoms with Crippen LogP contribution in [-0.4, -0.2) is 52.4 Å². The van der Waals surface area contributed by atoms with Crippen LogP contribution in [0.25, 0.3) is 10.8 Å². The van der Waals surface area contributed by atoms with E-state index in [4.69, 9.17) is 0 Å². The number of nitrogens with zero attached hydrogens (tertiary/aromatic N) is 3. The van der Waals surface area contributed by atoms with Gasteiger partial charge in [0, 0.05) is 29.9 Å². The van der Waals surface area contributed by atoms with Gasteiger partial charge in [0.2, 0.25) is 11.8 Å². The van der Waals surface area contributed by atoms with Crippen molar-refractivity contribution in [3.8, 4) is 6.07 Å². The van der Waals surface area contributed by atoms with Gasteiger partial charge in [0.25, 0.3) is 0 Å². The first kappa shape index (κ1) is 28.8. The minimum absolute atomic E-state index is 0.0395. The van der Waals surface area contributed by atoms with Crippen LogP contribution in [0.4, 0.5) is 13.2 Å². The van der Waals surface area contributed by atoms with Gasteiger partial charge in [-0.1, -0.05) is 52.8 Å². The minimum atomic E-state index is -5.17. The van der Waals surface area contributed by atoms with Gasteiger partial charge in [0.1, 0.15) is 18.1 Å². The van der Waals surface area contributed by atoms with E-state index in [0.29, 0.717) is 11.5 Å². The standard InChI is InChI=1S/C30H34F3N5O3/c1-28(2,3)24(37-27(41)30(31,32)33)26(40)38-14-19-22(29(19,4)5)23(38)25(39)36-20(11-34)18-13-35-12-16-7-6-8-17(21(16)18)15-9-10-15/h6-8,12-13,15,19-20,22-24H,9-10,14H2,1-5H3,(H,36,39)(H,37,41)/t19-,20?,22-,23-,24+/m0/s1. The maximum absolute atomic E-state index is 13.9. The Morgan fingerprint density at radius 2 is 1.80 bits per heavy atom. The number of piperidine rings is 1. The Morgan fingerprint density at radius 1 is 1.12 bits per heavy atom. The fourth-order valence-electron chi connectivity index (χ4n) is 6.49. The van der Waals surface area contributed by atoms with E-state index in [1.165, 1.54) is 4.90 Å². The molecule has 1 aliphatic heterocycles. The van der Waals surface area contributed by atoms with E-state index < -0.39 is 47.4 Å². The van der Waals surface area contributed by atoms with Crippen LogP contribution in [0.2, 0.25) is 0 Å². The molecule has 2 aromatic rings. The van der Waals surface area contributed by atoms with Gasteiger partial charge in [0.15, 0.2) is 0 Å². The number of benzene rings is 1. The molecule has 1 unspecified atom stereocenters. The lowest BCUT2D eigenvalue weighted by molar-refractivity contribution is -0.176. The van der Waals surface area contributed by atoms with Crippen molar-refractivity contribution in [2.45, 2.75) is 77.7 Å². The normalized spacial score (nSPS) is 24.7. The molecule has 218 valence electrons. The van der Waals surface area contributed by atoms with Gasteiger partial charge in [-0.3, -0.25) is 19.4 Å². The fraction of sp³-hybridized carbons (Fsp3) is 0.567. The lowest BCUT2D eigenvalue weighted by Crippen LogP contribution is -2.60. The van der Waals surface area contributed by atoms with Crippen LogP contribution in [0.15, 0.2) is 30.6 Å². The lowest BCUT2D eigenvalue weighted by atomic mass is 9.85. The Hall–Kier alpha value is -3.68. The number of nitriles is 1. The number of nitrogens with one attached hydrogen (secondary N) is 2. The highest BCUT2D eigenvalue weighted by Crippen LogP contribution is 2.65. The monoisotopic (exact) mass is 569 g/mol. The summed E-state index contributed by atoms with van der Waals surface area (Å²) in [5.41, 5.74) is 0.329. The quantitative estimate of drug-likeness (QED) is 0.536. The summed E-state index contributed by atoms with van der Waals surface area (Å²) in [5.74, 6) is -3.42. The average Bonchev–Trinajstić information content (AvgIpc) is 3.77. The molecule has 1 aromatic heterocycles. The number of fused-ring (bicyclic) bond motifs is 2. The highest BCUT2D eigenvalue weighted by molar-refractivity contribution is 5.95. The summed E-state index contributed by atoms with van der Waals surface area (Å²) in [6.07, 6.45) is 0.217. The van der Waals surface area contributed by atoms with Crippen LogP contribution in [0, 0.1) is 34.0 Å². The Bertz CT molecular complexity index is 1450. The molecule has 0 radical (unpaired) electrons. The summed E-state index contributed by atoms with van der Waals surface area (Å²) in [5, 5.41) is 16.6. The van der Waals surface area contributed by atoms with Crippen molar-refractivity contribution in [2.75, 3.05) is 6.54 Å². The molecular formula is C30H34F3N5O3. The molecule has 2 aliphatic carbocycles. The molecule has 1 aromatic carbocycles. The molecule has 41 heavy (non-hydrogen) atoms. The molecule has 1 saturated heterocycles. The van der Waals surface area contributed by atoms with Crippen LogP contribution < -0.4 is 10.6 Å². The van der Waals surface area contributed by atoms with Crippen molar-refractivity contribution in [1.29, 1.82) is 5.26 Å². The SMILES string of the molecule is CC(C)(C)[C@H](NC(=O)C(F)(F)F)C(=O)N1C[C@H]2[C@@H]([C@H]1C(=O)NC(C#N)c1cncc3cccc(C4CC4)c13)C2(C)C. The number of halogens is 3. The van der Waals surface area contributed by atoms with Gasteiger partial charge >= 0.3 is 12.1 Å². The van der Waals surface area contributed by atoms with E-state index in [1.807, 2.05) is 37.4 Å². The number of carbonyl (C=O) groups is 3. The van der Waals surface area contributed by atoms with Crippen molar-refractivity contribution in [2.24, 2.45) is 22.7 Å². The van der Waals surface area contributed by atoms with E-state index in [0.717, 1.165) is 29.2 Å². The number of amides is 3. The van der Waals surface area contributed by atoms with Crippen LogP contribution in [0.1, 0.15) is 70.5 Å². The molecule has 8 nitrogen and oxygen atoms in total. The van der Waals surface area contributed by atoms with Crippen molar-refractivity contribution in [3.63, 3.8) is 0 Å². The number of carbonyl (C=O) groups excluding carboxylic acids is 3. The number of hydrogen-bond acceptors (Lipinski definition) is 5. The number of pyridine rings is 1. The Kier molecular flexibility index (Phi) is 6.83. The highest BCUT2D eigenvalue weighted by atomic mass is 19.4. The molecule has 2 N–H and O–H groups in total. The molecule has 5 rings (SSSR count). The van der Waals surface area contributed by atoms with E-state index in [9.17, 15) is 32.8 Å². The van der Waals surface area contributed by atoms with Gasteiger partial charge in [-0.2, -0.15) is 18.4 Å². The molecule has 5 atom stereocenters. The smallest absolute Gasteiger partial charge is 0.336 e. The Balaban J connectivity index is 1.45. The Labute approximate surface area is 236 Å². The molecule has 2 heterocycles. The maximum Gasteiger partial charge on any atom is 0.471 e. The minimum Gasteiger partial charge on any atom is -0.336 e. The predicted octanol–water partition coefficient (Wildman–Crippen LogP) is 4.37. The molecule has 0 spiro atoms. The maximum atomic E-state index is 13.9. The number of alkyl halides is 3. The first-order valence-electron chi connectivity index (χ1n) is 13.8. The van der Waals surface area contributed by atoms with E-state index in [1.54, 1.807) is 33.2 Å². The van der Waals surface area contributed by atoms with Gasteiger partial charge in [-0.15, -0.1) is 0 Å². The Morgan fingerprint density at radius 3 is 2.39 bits per heavy atom. The summed E-state index contributed by atoms with van der Waals surface area (Å²) in [4.78, 5) is 45.1. The predicted molar refractivity (Wildman–Crippen MR) is 144 cm³/mol. The van der Waals surface area contributed by atoms with E-state index >= 15 is 0 Å². The van der Waals surface area contributed by atoms with Crippen LogP contribution in [0.3, 0.4) is 0 Å². The third kappa shape index (κ3) is 5.13. The van der Waals surface area contributed by atoms with Crippen LogP contribution in [0.5, 0.6) is 0 Å². The van der Waals surface area contributed by atoms with Gasteiger partial charge in [0.05, 0.1) is 6.07 Å². The second-order valence-corrected chi connectivity index (χ2v) is 13.2. The summed E-state index contributed by atoms with van der Waals surface area (Å²) >= 11 is 0. The fourth-order valence-corrected chi connectivity index (χ4v) is 6.49. The number of likely N-dealkylation sites (tertiary alicyclic amines) is 1. The molecule has 2 saturated carbocycles. The number of hydrogen-bond donors (Lipinski definition) is 2. The zero-order valence-electron chi connectivity index (χ0n) is 23.7. The van der Waals surface area contributed by atoms with Crippen LogP contribution in [-0.2, 0) is 14.4 Å². The first-order valence-corrected chi connectivity index (χ1v) is 13.8. The lowest BCUT2D eigenvalue weighted by Gasteiger charge is -2.37. The van der Waals surface area contributed by atoms with Crippen molar-refractivity contribution < 1.29 is 27.6 Å². The zero-order valence-corrected chi connectivity index (χ0v) is 23.7. The second-order valence-electron chi connectivity index (χ2n) is 13.2. The molecular weight excluding hydrogens is 535 g/mol. The number of aromatic nitrogens is 1. The summed E-state index contributed by atoms with van der Waals surface area (Å²) < 4.78 is 39.3. The average molecular weight is 570 g/mol. The van der Waals surface area contributed by atoms with Gasteiger partial charge in [-0.25, -0.2) is 0 Å².